The lowest BCUT2D eigenvalue weighted by molar-refractivity contribution is -0.123. The smallest absolute Gasteiger partial charge is 0.315 e. The fourth-order valence-electron chi connectivity index (χ4n) is 2.35. The number of benzene rings is 1. The predicted molar refractivity (Wildman–Crippen MR) is 99.3 cm³/mol. The Hall–Kier alpha value is -2.08. The monoisotopic (exact) mass is 349 g/mol. The molecular formula is C19H31N3O3. The number of aryl methyl sites for hydroxylation is 1. The number of rotatable bonds is 10. The first-order valence-corrected chi connectivity index (χ1v) is 8.79. The molecule has 1 aromatic carbocycles. The zero-order valence-electron chi connectivity index (χ0n) is 15.7. The molecule has 6 nitrogen and oxygen atoms in total. The van der Waals surface area contributed by atoms with Gasteiger partial charge < -0.3 is 20.7 Å². The van der Waals surface area contributed by atoms with Crippen LogP contribution in [0.2, 0.25) is 0 Å². The largest absolute Gasteiger partial charge is 0.385 e. The van der Waals surface area contributed by atoms with Crippen LogP contribution in [-0.4, -0.2) is 38.2 Å². The Bertz CT molecular complexity index is 529. The third kappa shape index (κ3) is 9.10. The first-order valence-electron chi connectivity index (χ1n) is 8.79. The molecule has 1 atom stereocenters. The molecule has 0 aliphatic heterocycles. The van der Waals surface area contributed by atoms with E-state index in [1.165, 1.54) is 5.56 Å². The quantitative estimate of drug-likeness (QED) is 0.567. The van der Waals surface area contributed by atoms with E-state index in [-0.39, 0.29) is 11.9 Å². The molecule has 0 heterocycles. The van der Waals surface area contributed by atoms with E-state index in [4.69, 9.17) is 4.74 Å². The van der Waals surface area contributed by atoms with Gasteiger partial charge in [0.2, 0.25) is 5.91 Å². The third-order valence-corrected chi connectivity index (χ3v) is 3.73. The maximum atomic E-state index is 12.3. The highest BCUT2D eigenvalue weighted by Gasteiger charge is 2.21. The Kier molecular flexibility index (Phi) is 9.62. The van der Waals surface area contributed by atoms with Gasteiger partial charge in [0, 0.05) is 26.8 Å². The minimum absolute atomic E-state index is 0.157. The van der Waals surface area contributed by atoms with Crippen LogP contribution in [0.3, 0.4) is 0 Å². The fourth-order valence-corrected chi connectivity index (χ4v) is 2.35. The van der Waals surface area contributed by atoms with Gasteiger partial charge in [0.15, 0.2) is 0 Å². The first-order chi connectivity index (χ1) is 11.9. The Labute approximate surface area is 150 Å². The van der Waals surface area contributed by atoms with Gasteiger partial charge in [0.05, 0.1) is 0 Å². The Morgan fingerprint density at radius 3 is 2.40 bits per heavy atom. The topological polar surface area (TPSA) is 79.5 Å². The number of carbonyl (C=O) groups excluding carboxylic acids is 2. The summed E-state index contributed by atoms with van der Waals surface area (Å²) in [6.07, 6.45) is 1.34. The van der Waals surface area contributed by atoms with Crippen molar-refractivity contribution in [2.24, 2.45) is 5.92 Å². The minimum atomic E-state index is -0.541. The van der Waals surface area contributed by atoms with Crippen molar-refractivity contribution < 1.29 is 14.3 Å². The van der Waals surface area contributed by atoms with Gasteiger partial charge in [-0.3, -0.25) is 4.79 Å². The summed E-state index contributed by atoms with van der Waals surface area (Å²) in [5.74, 6) is 0.141. The first kappa shape index (κ1) is 21.0. The van der Waals surface area contributed by atoms with Gasteiger partial charge in [-0.2, -0.15) is 0 Å². The van der Waals surface area contributed by atoms with Crippen molar-refractivity contribution in [3.8, 4) is 0 Å². The van der Waals surface area contributed by atoms with E-state index in [9.17, 15) is 9.59 Å². The fraction of sp³-hybridized carbons (Fsp3) is 0.579. The molecule has 0 aliphatic rings. The molecule has 140 valence electrons. The number of nitrogens with one attached hydrogen (secondary N) is 3. The second-order valence-electron chi connectivity index (χ2n) is 6.63. The summed E-state index contributed by atoms with van der Waals surface area (Å²) in [7, 11) is 1.63. The zero-order valence-corrected chi connectivity index (χ0v) is 15.7. The van der Waals surface area contributed by atoms with Crippen LogP contribution >= 0.6 is 0 Å². The van der Waals surface area contributed by atoms with Gasteiger partial charge in [-0.15, -0.1) is 0 Å². The third-order valence-electron chi connectivity index (χ3n) is 3.73. The molecule has 1 rings (SSSR count). The highest BCUT2D eigenvalue weighted by molar-refractivity contribution is 5.86. The van der Waals surface area contributed by atoms with Crippen LogP contribution in [0.4, 0.5) is 4.79 Å². The Balaban J connectivity index is 2.47. The van der Waals surface area contributed by atoms with Crippen LogP contribution < -0.4 is 16.0 Å². The molecule has 0 aliphatic carbocycles. The number of hydrogen-bond donors (Lipinski definition) is 3. The molecule has 0 bridgehead atoms. The summed E-state index contributed by atoms with van der Waals surface area (Å²) < 4.78 is 4.96. The van der Waals surface area contributed by atoms with Gasteiger partial charge in [-0.1, -0.05) is 43.7 Å². The summed E-state index contributed by atoms with van der Waals surface area (Å²) in [6.45, 7) is 7.63. The number of urea groups is 1. The number of carbonyl (C=O) groups is 2. The van der Waals surface area contributed by atoms with Crippen LogP contribution in [0.1, 0.15) is 37.8 Å². The maximum absolute atomic E-state index is 12.3. The molecule has 0 fully saturated rings. The molecule has 0 spiro atoms. The molecule has 0 radical (unpaired) electrons. The number of amides is 3. The van der Waals surface area contributed by atoms with E-state index in [0.717, 1.165) is 12.0 Å². The van der Waals surface area contributed by atoms with Gasteiger partial charge in [0.1, 0.15) is 6.04 Å². The van der Waals surface area contributed by atoms with E-state index >= 15 is 0 Å². The van der Waals surface area contributed by atoms with Crippen LogP contribution in [0.15, 0.2) is 24.3 Å². The van der Waals surface area contributed by atoms with Crippen molar-refractivity contribution in [3.63, 3.8) is 0 Å². The van der Waals surface area contributed by atoms with E-state index in [0.29, 0.717) is 32.0 Å². The van der Waals surface area contributed by atoms with Crippen molar-refractivity contribution in [3.05, 3.63) is 35.4 Å². The van der Waals surface area contributed by atoms with Crippen molar-refractivity contribution in [1.82, 2.24) is 16.0 Å². The standard InChI is InChI=1S/C19H31N3O3/c1-14(2)12-17(18(23)20-10-5-11-25-4)22-19(24)21-13-16-8-6-15(3)7-9-16/h6-9,14,17H,5,10-13H2,1-4H3,(H,20,23)(H2,21,22,24). The average Bonchev–Trinajstić information content (AvgIpc) is 2.57. The van der Waals surface area contributed by atoms with Crippen LogP contribution in [0.5, 0.6) is 0 Å². The molecule has 1 aromatic rings. The van der Waals surface area contributed by atoms with Crippen molar-refractivity contribution in [2.75, 3.05) is 20.3 Å². The molecule has 0 aromatic heterocycles. The van der Waals surface area contributed by atoms with Crippen LogP contribution in [0.25, 0.3) is 0 Å². The summed E-state index contributed by atoms with van der Waals surface area (Å²) in [5, 5.41) is 8.43. The number of ether oxygens (including phenoxy) is 1. The molecule has 6 heteroatoms. The Morgan fingerprint density at radius 1 is 1.12 bits per heavy atom. The lowest BCUT2D eigenvalue weighted by Crippen LogP contribution is -2.50. The van der Waals surface area contributed by atoms with E-state index in [1.807, 2.05) is 45.0 Å². The van der Waals surface area contributed by atoms with E-state index in [1.54, 1.807) is 7.11 Å². The van der Waals surface area contributed by atoms with Crippen LogP contribution in [0, 0.1) is 12.8 Å². The van der Waals surface area contributed by atoms with Gasteiger partial charge >= 0.3 is 6.03 Å². The zero-order chi connectivity index (χ0) is 18.7. The second kappa shape index (κ2) is 11.5. The lowest BCUT2D eigenvalue weighted by Gasteiger charge is -2.20. The number of hydrogen-bond acceptors (Lipinski definition) is 3. The molecule has 25 heavy (non-hydrogen) atoms. The summed E-state index contributed by atoms with van der Waals surface area (Å²) in [6, 6.07) is 7.08. The summed E-state index contributed by atoms with van der Waals surface area (Å²) >= 11 is 0. The highest BCUT2D eigenvalue weighted by Crippen LogP contribution is 2.06. The van der Waals surface area contributed by atoms with Gasteiger partial charge in [0.25, 0.3) is 0 Å². The SMILES string of the molecule is COCCCNC(=O)C(CC(C)C)NC(=O)NCc1ccc(C)cc1. The van der Waals surface area contributed by atoms with E-state index in [2.05, 4.69) is 16.0 Å². The molecule has 3 N–H and O–H groups in total. The lowest BCUT2D eigenvalue weighted by atomic mass is 10.0. The van der Waals surface area contributed by atoms with Gasteiger partial charge in [-0.05, 0) is 31.2 Å². The molecular weight excluding hydrogens is 318 g/mol. The molecule has 3 amide bonds. The Morgan fingerprint density at radius 2 is 1.80 bits per heavy atom. The minimum Gasteiger partial charge on any atom is -0.385 e. The van der Waals surface area contributed by atoms with Crippen molar-refractivity contribution in [1.29, 1.82) is 0 Å². The van der Waals surface area contributed by atoms with Crippen molar-refractivity contribution in [2.45, 2.75) is 46.2 Å². The van der Waals surface area contributed by atoms with Crippen molar-refractivity contribution >= 4 is 11.9 Å². The number of methoxy groups -OCH3 is 1. The van der Waals surface area contributed by atoms with Gasteiger partial charge in [-0.25, -0.2) is 4.79 Å². The van der Waals surface area contributed by atoms with E-state index < -0.39 is 6.04 Å². The molecule has 0 saturated heterocycles. The maximum Gasteiger partial charge on any atom is 0.315 e. The highest BCUT2D eigenvalue weighted by atomic mass is 16.5. The van der Waals surface area contributed by atoms with Crippen LogP contribution in [-0.2, 0) is 16.1 Å². The average molecular weight is 349 g/mol. The summed E-state index contributed by atoms with van der Waals surface area (Å²) in [4.78, 5) is 24.4. The second-order valence-corrected chi connectivity index (χ2v) is 6.63. The normalized spacial score (nSPS) is 11.9. The molecule has 0 saturated carbocycles. The summed E-state index contributed by atoms with van der Waals surface area (Å²) in [5.41, 5.74) is 2.19. The predicted octanol–water partition coefficient (Wildman–Crippen LogP) is 2.36. The molecule has 1 unspecified atom stereocenters.